The number of alkyl halides is 3. The highest BCUT2D eigenvalue weighted by molar-refractivity contribution is 9.11. The Kier molecular flexibility index (Phi) is 5.27. The lowest BCUT2D eigenvalue weighted by molar-refractivity contribution is -0.135. The van der Waals surface area contributed by atoms with Crippen LogP contribution in [-0.4, -0.2) is 12.7 Å². The Morgan fingerprint density at radius 3 is 2.62 bits per heavy atom. The number of hydrogen-bond donors (Lipinski definition) is 1. The van der Waals surface area contributed by atoms with Crippen LogP contribution in [0.1, 0.15) is 30.7 Å². The van der Waals surface area contributed by atoms with Crippen molar-refractivity contribution in [3.63, 3.8) is 0 Å². The molecule has 1 nitrogen and oxygen atoms in total. The molecule has 0 fully saturated rings. The van der Waals surface area contributed by atoms with Gasteiger partial charge in [0, 0.05) is 17.3 Å². The molecule has 0 aromatic carbocycles. The maximum atomic E-state index is 11.9. The van der Waals surface area contributed by atoms with Gasteiger partial charge in [-0.3, -0.25) is 0 Å². The van der Waals surface area contributed by atoms with E-state index in [1.54, 1.807) is 11.3 Å². The standard InChI is InChI=1S/C10H13BrF3NS/c1-7(8-3-4-9(11)16-8)15-6-2-5-10(12,13)14/h3-4,7,15H,2,5-6H2,1H3. The third-order valence-electron chi connectivity index (χ3n) is 2.11. The summed E-state index contributed by atoms with van der Waals surface area (Å²) in [5.74, 6) is 0. The van der Waals surface area contributed by atoms with E-state index in [2.05, 4.69) is 21.2 Å². The van der Waals surface area contributed by atoms with Crippen molar-refractivity contribution in [2.75, 3.05) is 6.54 Å². The molecule has 0 saturated heterocycles. The van der Waals surface area contributed by atoms with Crippen LogP contribution >= 0.6 is 27.3 Å². The maximum Gasteiger partial charge on any atom is 0.389 e. The zero-order valence-electron chi connectivity index (χ0n) is 8.77. The number of hydrogen-bond acceptors (Lipinski definition) is 2. The largest absolute Gasteiger partial charge is 0.389 e. The molecule has 0 aliphatic rings. The molecule has 1 N–H and O–H groups in total. The van der Waals surface area contributed by atoms with Crippen molar-refractivity contribution < 1.29 is 13.2 Å². The zero-order chi connectivity index (χ0) is 12.2. The lowest BCUT2D eigenvalue weighted by Gasteiger charge is -2.12. The zero-order valence-corrected chi connectivity index (χ0v) is 11.2. The van der Waals surface area contributed by atoms with E-state index in [0.717, 1.165) is 8.66 Å². The molecular formula is C10H13BrF3NS. The van der Waals surface area contributed by atoms with Gasteiger partial charge in [0.2, 0.25) is 0 Å². The monoisotopic (exact) mass is 315 g/mol. The van der Waals surface area contributed by atoms with Gasteiger partial charge >= 0.3 is 6.18 Å². The van der Waals surface area contributed by atoms with Crippen LogP contribution in [0.15, 0.2) is 15.9 Å². The summed E-state index contributed by atoms with van der Waals surface area (Å²) in [6, 6.07) is 4.01. The summed E-state index contributed by atoms with van der Waals surface area (Å²) in [5, 5.41) is 3.07. The summed E-state index contributed by atoms with van der Waals surface area (Å²) >= 11 is 4.94. The number of halogens is 4. The van der Waals surface area contributed by atoms with E-state index in [0.29, 0.717) is 6.54 Å². The van der Waals surface area contributed by atoms with Crippen molar-refractivity contribution in [1.29, 1.82) is 0 Å². The van der Waals surface area contributed by atoms with Gasteiger partial charge in [-0.1, -0.05) is 0 Å². The van der Waals surface area contributed by atoms with Crippen LogP contribution in [0.4, 0.5) is 13.2 Å². The fourth-order valence-electron chi connectivity index (χ4n) is 1.27. The van der Waals surface area contributed by atoms with Gasteiger partial charge in [0.1, 0.15) is 0 Å². The van der Waals surface area contributed by atoms with Gasteiger partial charge in [-0.2, -0.15) is 13.2 Å². The molecule has 92 valence electrons. The van der Waals surface area contributed by atoms with Crippen LogP contribution < -0.4 is 5.32 Å². The molecule has 1 aromatic rings. The van der Waals surface area contributed by atoms with Crippen LogP contribution in [-0.2, 0) is 0 Å². The average molecular weight is 316 g/mol. The van der Waals surface area contributed by atoms with Gasteiger partial charge in [0.25, 0.3) is 0 Å². The smallest absolute Gasteiger partial charge is 0.309 e. The fourth-order valence-corrected chi connectivity index (χ4v) is 2.72. The molecule has 0 aliphatic carbocycles. The van der Waals surface area contributed by atoms with Gasteiger partial charge in [-0.05, 0) is 48.0 Å². The molecule has 1 unspecified atom stereocenters. The summed E-state index contributed by atoms with van der Waals surface area (Å²) in [7, 11) is 0. The molecule has 0 bridgehead atoms. The molecule has 0 aliphatic heterocycles. The topological polar surface area (TPSA) is 12.0 Å². The molecule has 6 heteroatoms. The molecule has 1 heterocycles. The molecule has 1 aromatic heterocycles. The normalized spacial score (nSPS) is 14.1. The van der Waals surface area contributed by atoms with E-state index in [1.807, 2.05) is 19.1 Å². The van der Waals surface area contributed by atoms with Crippen LogP contribution in [0.5, 0.6) is 0 Å². The lowest BCUT2D eigenvalue weighted by atomic mass is 10.2. The van der Waals surface area contributed by atoms with Crippen molar-refractivity contribution in [2.45, 2.75) is 32.0 Å². The number of nitrogens with one attached hydrogen (secondary N) is 1. The average Bonchev–Trinajstić information content (AvgIpc) is 2.57. The van der Waals surface area contributed by atoms with Crippen molar-refractivity contribution in [3.05, 3.63) is 20.8 Å². The molecule has 16 heavy (non-hydrogen) atoms. The summed E-state index contributed by atoms with van der Waals surface area (Å²) < 4.78 is 36.7. The van der Waals surface area contributed by atoms with E-state index in [4.69, 9.17) is 0 Å². The van der Waals surface area contributed by atoms with Crippen LogP contribution in [0.2, 0.25) is 0 Å². The van der Waals surface area contributed by atoms with Gasteiger partial charge < -0.3 is 5.32 Å². The van der Waals surface area contributed by atoms with Gasteiger partial charge in [-0.15, -0.1) is 11.3 Å². The quantitative estimate of drug-likeness (QED) is 0.789. The minimum absolute atomic E-state index is 0.101. The predicted molar refractivity (Wildman–Crippen MR) is 63.7 cm³/mol. The first-order valence-electron chi connectivity index (χ1n) is 4.94. The Morgan fingerprint density at radius 2 is 2.12 bits per heavy atom. The number of thiophene rings is 1. The second-order valence-corrected chi connectivity index (χ2v) is 6.03. The number of rotatable bonds is 5. The SMILES string of the molecule is CC(NCCCC(F)(F)F)c1ccc(Br)s1. The second-order valence-electron chi connectivity index (χ2n) is 3.54. The minimum atomic E-state index is -4.04. The first-order valence-corrected chi connectivity index (χ1v) is 6.55. The van der Waals surface area contributed by atoms with Crippen LogP contribution in [0, 0.1) is 0 Å². The highest BCUT2D eigenvalue weighted by Crippen LogP contribution is 2.27. The summed E-state index contributed by atoms with van der Waals surface area (Å²) in [5.41, 5.74) is 0. The van der Waals surface area contributed by atoms with Crippen molar-refractivity contribution in [2.24, 2.45) is 0 Å². The summed E-state index contributed by atoms with van der Waals surface area (Å²) in [6.45, 7) is 2.34. The first kappa shape index (κ1) is 14.0. The molecule has 1 atom stereocenters. The van der Waals surface area contributed by atoms with Gasteiger partial charge in [0.05, 0.1) is 3.79 Å². The lowest BCUT2D eigenvalue weighted by Crippen LogP contribution is -2.20. The predicted octanol–water partition coefficient (Wildman–Crippen LogP) is 4.50. The second kappa shape index (κ2) is 6.02. The highest BCUT2D eigenvalue weighted by Gasteiger charge is 2.25. The molecule has 0 amide bonds. The third-order valence-corrected chi connectivity index (χ3v) is 3.91. The van der Waals surface area contributed by atoms with Crippen molar-refractivity contribution >= 4 is 27.3 Å². The Balaban J connectivity index is 2.23. The molecule has 1 rings (SSSR count). The van der Waals surface area contributed by atoms with E-state index in [-0.39, 0.29) is 12.5 Å². The maximum absolute atomic E-state index is 11.9. The Morgan fingerprint density at radius 1 is 1.44 bits per heavy atom. The van der Waals surface area contributed by atoms with Crippen LogP contribution in [0.3, 0.4) is 0 Å². The Hall–Kier alpha value is -0.0700. The van der Waals surface area contributed by atoms with Crippen molar-refractivity contribution in [3.8, 4) is 0 Å². The summed E-state index contributed by atoms with van der Waals surface area (Å²) in [4.78, 5) is 1.12. The summed E-state index contributed by atoms with van der Waals surface area (Å²) in [6.07, 6.45) is -4.64. The fraction of sp³-hybridized carbons (Fsp3) is 0.600. The van der Waals surface area contributed by atoms with Gasteiger partial charge in [0.15, 0.2) is 0 Å². The van der Waals surface area contributed by atoms with Crippen LogP contribution in [0.25, 0.3) is 0 Å². The van der Waals surface area contributed by atoms with Crippen molar-refractivity contribution in [1.82, 2.24) is 5.32 Å². The first-order chi connectivity index (χ1) is 7.38. The van der Waals surface area contributed by atoms with Gasteiger partial charge in [-0.25, -0.2) is 0 Å². The van der Waals surface area contributed by atoms with E-state index in [1.165, 1.54) is 0 Å². The molecule has 0 radical (unpaired) electrons. The molecule has 0 saturated carbocycles. The Bertz CT molecular complexity index is 324. The molecule has 0 spiro atoms. The third kappa shape index (κ3) is 5.32. The van der Waals surface area contributed by atoms with E-state index in [9.17, 15) is 13.2 Å². The van der Waals surface area contributed by atoms with E-state index >= 15 is 0 Å². The van der Waals surface area contributed by atoms with E-state index < -0.39 is 12.6 Å². The Labute approximate surface area is 105 Å². The highest BCUT2D eigenvalue weighted by atomic mass is 79.9. The molecular weight excluding hydrogens is 303 g/mol. The minimum Gasteiger partial charge on any atom is -0.309 e.